The van der Waals surface area contributed by atoms with Crippen LogP contribution in [-0.2, 0) is 9.53 Å². The zero-order chi connectivity index (χ0) is 28.8. The van der Waals surface area contributed by atoms with Gasteiger partial charge < -0.3 is 20.1 Å². The van der Waals surface area contributed by atoms with Crippen molar-refractivity contribution in [3.05, 3.63) is 99.9 Å². The SMILES string of the molecule is CCOC(=O)c1c(-c2ccc(C)cc2)csc1NC(=O)c1ccc(O[C@H](C)C(=O)Nc2cc(C)ccc2C)cc1. The standard InChI is InChI=1S/C32H32N2O5S/c1-6-38-32(37)28-26(23-11-8-19(2)9-12-23)18-40-31(28)34-30(36)24-13-15-25(16-14-24)39-22(5)29(35)33-27-17-20(3)7-10-21(27)4/h7-18,22H,6H2,1-5H3,(H,33,35)(H,34,36)/t22-/m1/s1. The highest BCUT2D eigenvalue weighted by atomic mass is 32.1. The monoisotopic (exact) mass is 556 g/mol. The van der Waals surface area contributed by atoms with Gasteiger partial charge in [-0.15, -0.1) is 11.3 Å². The number of esters is 1. The average molecular weight is 557 g/mol. The molecular weight excluding hydrogens is 524 g/mol. The lowest BCUT2D eigenvalue weighted by Crippen LogP contribution is -2.30. The van der Waals surface area contributed by atoms with Gasteiger partial charge in [-0.3, -0.25) is 9.59 Å². The molecule has 1 atom stereocenters. The van der Waals surface area contributed by atoms with E-state index < -0.39 is 12.1 Å². The lowest BCUT2D eigenvalue weighted by molar-refractivity contribution is -0.122. The molecule has 1 heterocycles. The van der Waals surface area contributed by atoms with Crippen molar-refractivity contribution < 1.29 is 23.9 Å². The molecule has 7 nitrogen and oxygen atoms in total. The van der Waals surface area contributed by atoms with Gasteiger partial charge in [-0.2, -0.15) is 0 Å². The van der Waals surface area contributed by atoms with Crippen LogP contribution in [0.25, 0.3) is 11.1 Å². The quantitative estimate of drug-likeness (QED) is 0.213. The van der Waals surface area contributed by atoms with Crippen LogP contribution in [0.2, 0.25) is 0 Å². The van der Waals surface area contributed by atoms with Crippen LogP contribution in [0.5, 0.6) is 5.75 Å². The van der Waals surface area contributed by atoms with E-state index in [9.17, 15) is 14.4 Å². The summed E-state index contributed by atoms with van der Waals surface area (Å²) in [6.45, 7) is 9.52. The number of thiophene rings is 1. The molecule has 206 valence electrons. The van der Waals surface area contributed by atoms with Crippen molar-refractivity contribution in [2.24, 2.45) is 0 Å². The van der Waals surface area contributed by atoms with Crippen LogP contribution in [0.3, 0.4) is 0 Å². The molecular formula is C32H32N2O5S. The van der Waals surface area contributed by atoms with Crippen LogP contribution < -0.4 is 15.4 Å². The molecule has 4 rings (SSSR count). The van der Waals surface area contributed by atoms with Gasteiger partial charge in [0.2, 0.25) is 0 Å². The maximum atomic E-state index is 13.1. The molecule has 0 aliphatic rings. The van der Waals surface area contributed by atoms with Crippen LogP contribution >= 0.6 is 11.3 Å². The number of ether oxygens (including phenoxy) is 2. The van der Waals surface area contributed by atoms with E-state index in [4.69, 9.17) is 9.47 Å². The molecule has 0 spiro atoms. The van der Waals surface area contributed by atoms with Crippen molar-refractivity contribution in [1.29, 1.82) is 0 Å². The van der Waals surface area contributed by atoms with Gasteiger partial charge in [-0.25, -0.2) is 4.79 Å². The Morgan fingerprint density at radius 2 is 1.55 bits per heavy atom. The van der Waals surface area contributed by atoms with Crippen LogP contribution in [0.4, 0.5) is 10.7 Å². The third-order valence-corrected chi connectivity index (χ3v) is 7.21. The zero-order valence-corrected chi connectivity index (χ0v) is 24.0. The molecule has 0 fully saturated rings. The first-order valence-corrected chi connectivity index (χ1v) is 13.9. The molecule has 0 aliphatic heterocycles. The molecule has 2 amide bonds. The van der Waals surface area contributed by atoms with Crippen molar-refractivity contribution >= 4 is 39.8 Å². The highest BCUT2D eigenvalue weighted by molar-refractivity contribution is 7.15. The lowest BCUT2D eigenvalue weighted by atomic mass is 10.0. The smallest absolute Gasteiger partial charge is 0.341 e. The minimum Gasteiger partial charge on any atom is -0.481 e. The molecule has 1 aromatic heterocycles. The maximum absolute atomic E-state index is 13.1. The minimum atomic E-state index is -0.752. The Morgan fingerprint density at radius 3 is 2.23 bits per heavy atom. The van der Waals surface area contributed by atoms with Gasteiger partial charge in [0.05, 0.1) is 6.61 Å². The average Bonchev–Trinajstić information content (AvgIpc) is 3.35. The van der Waals surface area contributed by atoms with Crippen molar-refractivity contribution in [2.45, 2.75) is 40.7 Å². The van der Waals surface area contributed by atoms with Crippen molar-refractivity contribution in [3.63, 3.8) is 0 Å². The molecule has 3 aromatic carbocycles. The van der Waals surface area contributed by atoms with Gasteiger partial charge in [0, 0.05) is 22.2 Å². The molecule has 2 N–H and O–H groups in total. The van der Waals surface area contributed by atoms with Crippen LogP contribution in [0.1, 0.15) is 51.3 Å². The lowest BCUT2D eigenvalue weighted by Gasteiger charge is -2.16. The molecule has 0 aliphatic carbocycles. The largest absolute Gasteiger partial charge is 0.481 e. The highest BCUT2D eigenvalue weighted by Gasteiger charge is 2.23. The highest BCUT2D eigenvalue weighted by Crippen LogP contribution is 2.36. The van der Waals surface area contributed by atoms with Gasteiger partial charge in [0.15, 0.2) is 6.10 Å². The molecule has 0 radical (unpaired) electrons. The second kappa shape index (κ2) is 12.6. The van der Waals surface area contributed by atoms with Gasteiger partial charge in [0.25, 0.3) is 11.8 Å². The van der Waals surface area contributed by atoms with E-state index in [1.54, 1.807) is 38.1 Å². The summed E-state index contributed by atoms with van der Waals surface area (Å²) in [6, 6.07) is 20.2. The Kier molecular flexibility index (Phi) is 9.01. The van der Waals surface area contributed by atoms with Crippen molar-refractivity contribution in [2.75, 3.05) is 17.2 Å². The number of nitrogens with one attached hydrogen (secondary N) is 2. The summed E-state index contributed by atoms with van der Waals surface area (Å²) in [7, 11) is 0. The van der Waals surface area contributed by atoms with Crippen LogP contribution in [0, 0.1) is 20.8 Å². The van der Waals surface area contributed by atoms with Gasteiger partial charge in [0.1, 0.15) is 16.3 Å². The fraction of sp³-hybridized carbons (Fsp3) is 0.219. The molecule has 4 aromatic rings. The second-order valence-corrected chi connectivity index (χ2v) is 10.4. The van der Waals surface area contributed by atoms with E-state index in [1.807, 2.05) is 68.6 Å². The fourth-order valence-electron chi connectivity index (χ4n) is 4.02. The van der Waals surface area contributed by atoms with E-state index in [-0.39, 0.29) is 18.4 Å². The predicted molar refractivity (Wildman–Crippen MR) is 159 cm³/mol. The van der Waals surface area contributed by atoms with E-state index in [0.717, 1.165) is 27.9 Å². The summed E-state index contributed by atoms with van der Waals surface area (Å²) in [5.74, 6) is -0.698. The van der Waals surface area contributed by atoms with E-state index in [0.29, 0.717) is 27.4 Å². The van der Waals surface area contributed by atoms with Crippen molar-refractivity contribution in [3.8, 4) is 16.9 Å². The third kappa shape index (κ3) is 6.76. The number of anilines is 2. The number of amides is 2. The first-order valence-electron chi connectivity index (χ1n) is 13.0. The minimum absolute atomic E-state index is 0.220. The predicted octanol–water partition coefficient (Wildman–Crippen LogP) is 7.18. The summed E-state index contributed by atoms with van der Waals surface area (Å²) < 4.78 is 11.1. The summed E-state index contributed by atoms with van der Waals surface area (Å²) in [6.07, 6.45) is -0.752. The topological polar surface area (TPSA) is 93.7 Å². The van der Waals surface area contributed by atoms with Crippen molar-refractivity contribution in [1.82, 2.24) is 0 Å². The van der Waals surface area contributed by atoms with Gasteiger partial charge >= 0.3 is 5.97 Å². The Bertz CT molecular complexity index is 1520. The molecule has 0 unspecified atom stereocenters. The first kappa shape index (κ1) is 28.6. The first-order chi connectivity index (χ1) is 19.2. The number of carbonyl (C=O) groups is 3. The Morgan fingerprint density at radius 1 is 0.875 bits per heavy atom. The maximum Gasteiger partial charge on any atom is 0.341 e. The third-order valence-electron chi connectivity index (χ3n) is 6.31. The fourth-order valence-corrected chi connectivity index (χ4v) is 4.98. The van der Waals surface area contributed by atoms with E-state index in [2.05, 4.69) is 10.6 Å². The number of rotatable bonds is 9. The second-order valence-electron chi connectivity index (χ2n) is 9.49. The molecule has 0 bridgehead atoms. The number of aryl methyl sites for hydroxylation is 3. The summed E-state index contributed by atoms with van der Waals surface area (Å²) in [5.41, 5.74) is 6.13. The number of hydrogen-bond acceptors (Lipinski definition) is 6. The molecule has 0 saturated carbocycles. The van der Waals surface area contributed by atoms with Crippen LogP contribution in [-0.4, -0.2) is 30.5 Å². The van der Waals surface area contributed by atoms with Crippen LogP contribution in [0.15, 0.2) is 72.1 Å². The van der Waals surface area contributed by atoms with Gasteiger partial charge in [-0.1, -0.05) is 42.0 Å². The Hall–Kier alpha value is -4.43. The molecule has 40 heavy (non-hydrogen) atoms. The summed E-state index contributed by atoms with van der Waals surface area (Å²) >= 11 is 1.27. The number of hydrogen-bond donors (Lipinski definition) is 2. The Labute approximate surface area is 238 Å². The van der Waals surface area contributed by atoms with Gasteiger partial charge in [-0.05, 0) is 81.6 Å². The molecule has 0 saturated heterocycles. The zero-order valence-electron chi connectivity index (χ0n) is 23.2. The Balaban J connectivity index is 1.45. The summed E-state index contributed by atoms with van der Waals surface area (Å²) in [4.78, 5) is 38.6. The van der Waals surface area contributed by atoms with E-state index in [1.165, 1.54) is 11.3 Å². The number of benzene rings is 3. The molecule has 8 heteroatoms. The number of carbonyl (C=O) groups excluding carboxylic acids is 3. The summed E-state index contributed by atoms with van der Waals surface area (Å²) in [5, 5.41) is 8.01. The van der Waals surface area contributed by atoms with E-state index >= 15 is 0 Å². The normalized spacial score (nSPS) is 11.4.